The zero-order valence-corrected chi connectivity index (χ0v) is 18.1. The Labute approximate surface area is 180 Å². The number of nitrogens with zero attached hydrogens (tertiary/aromatic N) is 2. The number of hydrogen-bond donors (Lipinski definition) is 1. The van der Waals surface area contributed by atoms with E-state index in [-0.39, 0.29) is 23.1 Å². The first-order valence-electron chi connectivity index (χ1n) is 10.4. The summed E-state index contributed by atoms with van der Waals surface area (Å²) in [4.78, 5) is 12.8. The van der Waals surface area contributed by atoms with Gasteiger partial charge in [0.15, 0.2) is 4.77 Å². The second-order valence-corrected chi connectivity index (χ2v) is 9.68. The van der Waals surface area contributed by atoms with Crippen molar-refractivity contribution in [3.8, 4) is 0 Å². The topological polar surface area (TPSA) is 39.0 Å². The number of nitrogens with one attached hydrogen (secondary N) is 1. The molecule has 1 aromatic heterocycles. The number of amides is 1. The van der Waals surface area contributed by atoms with Gasteiger partial charge in [-0.15, -0.1) is 0 Å². The van der Waals surface area contributed by atoms with Crippen LogP contribution in [0, 0.1) is 10.6 Å². The fraction of sp³-hybridized carbons (Fsp3) is 0.545. The third kappa shape index (κ3) is 3.07. The highest BCUT2D eigenvalue weighted by Crippen LogP contribution is 2.66. The predicted octanol–water partition coefficient (Wildman–Crippen LogP) is 4.78. The summed E-state index contributed by atoms with van der Waals surface area (Å²) in [5.41, 5.74) is 2.47. The minimum Gasteiger partial charge on any atom is -0.353 e. The van der Waals surface area contributed by atoms with Crippen LogP contribution in [0.25, 0.3) is 0 Å². The lowest BCUT2D eigenvalue weighted by Crippen LogP contribution is -2.37. The normalized spacial score (nSPS) is 25.6. The highest BCUT2D eigenvalue weighted by molar-refractivity contribution is 7.71. The van der Waals surface area contributed by atoms with Crippen molar-refractivity contribution < 1.29 is 9.18 Å². The molecule has 2 saturated carbocycles. The minimum atomic E-state index is -0.277. The summed E-state index contributed by atoms with van der Waals surface area (Å²) in [6.07, 6.45) is 6.97. The van der Waals surface area contributed by atoms with E-state index in [4.69, 9.17) is 23.8 Å². The molecule has 2 aliphatic carbocycles. The lowest BCUT2D eigenvalue weighted by molar-refractivity contribution is -0.121. The van der Waals surface area contributed by atoms with Gasteiger partial charge >= 0.3 is 0 Å². The van der Waals surface area contributed by atoms with Gasteiger partial charge in [0.05, 0.1) is 6.42 Å². The largest absolute Gasteiger partial charge is 0.353 e. The van der Waals surface area contributed by atoms with Crippen molar-refractivity contribution in [1.82, 2.24) is 14.5 Å². The molecule has 2 aromatic rings. The van der Waals surface area contributed by atoms with Crippen molar-refractivity contribution in [2.75, 3.05) is 0 Å². The van der Waals surface area contributed by atoms with Crippen LogP contribution in [0.15, 0.2) is 18.2 Å². The predicted molar refractivity (Wildman–Crippen MR) is 113 cm³/mol. The number of fused-ring (bicyclic) bond motifs is 3. The van der Waals surface area contributed by atoms with E-state index in [0.717, 1.165) is 30.7 Å². The van der Waals surface area contributed by atoms with Crippen molar-refractivity contribution in [1.29, 1.82) is 0 Å². The van der Waals surface area contributed by atoms with Gasteiger partial charge in [-0.25, -0.2) is 4.39 Å². The van der Waals surface area contributed by atoms with E-state index in [0.29, 0.717) is 34.4 Å². The van der Waals surface area contributed by atoms with Gasteiger partial charge in [0.2, 0.25) is 5.91 Å². The second-order valence-electron chi connectivity index (χ2n) is 8.88. The number of halogens is 2. The maximum absolute atomic E-state index is 14.6. The maximum atomic E-state index is 14.6. The van der Waals surface area contributed by atoms with Crippen molar-refractivity contribution in [2.45, 2.75) is 68.9 Å². The molecule has 0 bridgehead atoms. The van der Waals surface area contributed by atoms with Crippen molar-refractivity contribution >= 4 is 29.7 Å². The van der Waals surface area contributed by atoms with E-state index in [9.17, 15) is 9.18 Å². The molecule has 154 valence electrons. The highest BCUT2D eigenvalue weighted by Gasteiger charge is 2.63. The van der Waals surface area contributed by atoms with Crippen LogP contribution in [0.4, 0.5) is 4.39 Å². The number of rotatable bonds is 4. The molecule has 0 saturated heterocycles. The quantitative estimate of drug-likeness (QED) is 0.705. The molecule has 2 fully saturated rings. The number of imidazole rings is 1. The summed E-state index contributed by atoms with van der Waals surface area (Å²) in [6, 6.07) is 5.08. The van der Waals surface area contributed by atoms with Crippen LogP contribution in [0.1, 0.15) is 61.4 Å². The first kappa shape index (κ1) is 19.3. The van der Waals surface area contributed by atoms with E-state index in [2.05, 4.69) is 9.88 Å². The number of benzene rings is 1. The third-order valence-electron chi connectivity index (χ3n) is 7.12. The Bertz CT molecular complexity index is 1060. The van der Waals surface area contributed by atoms with Crippen molar-refractivity contribution in [3.63, 3.8) is 0 Å². The third-order valence-corrected chi connectivity index (χ3v) is 7.85. The SMILES string of the molecule is Cn1c(CC(=O)NC2CCCCC2)c2n(c1=S)C[C@@]1(c3cc(Cl)ccc3F)C[C@@H]21. The molecule has 29 heavy (non-hydrogen) atoms. The molecule has 0 radical (unpaired) electrons. The maximum Gasteiger partial charge on any atom is 0.226 e. The molecule has 2 atom stereocenters. The summed E-state index contributed by atoms with van der Waals surface area (Å²) >= 11 is 11.8. The highest BCUT2D eigenvalue weighted by atomic mass is 35.5. The molecule has 1 aromatic carbocycles. The summed E-state index contributed by atoms with van der Waals surface area (Å²) in [5, 5.41) is 3.76. The van der Waals surface area contributed by atoms with E-state index in [1.807, 2.05) is 11.6 Å². The number of hydrogen-bond acceptors (Lipinski definition) is 2. The molecular weight excluding hydrogens is 409 g/mol. The van der Waals surface area contributed by atoms with E-state index < -0.39 is 0 Å². The number of carbonyl (C=O) groups is 1. The summed E-state index contributed by atoms with van der Waals surface area (Å²) in [6.45, 7) is 0.654. The molecule has 1 amide bonds. The molecule has 5 rings (SSSR count). The summed E-state index contributed by atoms with van der Waals surface area (Å²) < 4.78 is 19.4. The van der Waals surface area contributed by atoms with Gasteiger partial charge in [0.1, 0.15) is 5.82 Å². The van der Waals surface area contributed by atoms with Crippen LogP contribution in [-0.2, 0) is 30.2 Å². The average Bonchev–Trinajstić information content (AvgIpc) is 3.26. The monoisotopic (exact) mass is 433 g/mol. The van der Waals surface area contributed by atoms with E-state index >= 15 is 0 Å². The van der Waals surface area contributed by atoms with Gasteiger partial charge in [-0.1, -0.05) is 30.9 Å². The van der Waals surface area contributed by atoms with Crippen LogP contribution in [0.5, 0.6) is 0 Å². The second kappa shape index (κ2) is 6.95. The first-order chi connectivity index (χ1) is 13.9. The molecular formula is C22H25ClFN3OS. The Morgan fingerprint density at radius 3 is 2.86 bits per heavy atom. The lowest BCUT2D eigenvalue weighted by atomic mass is 9.93. The smallest absolute Gasteiger partial charge is 0.226 e. The number of carbonyl (C=O) groups excluding carboxylic acids is 1. The standard InChI is InChI=1S/C22H25ClFN3OS/c1-26-18(10-19(28)25-14-5-3-2-4-6-14)20-16-11-22(16,12-27(20)21(26)29)15-9-13(23)7-8-17(15)24/h7-9,14,16H,2-6,10-12H2,1H3,(H,25,28)/t16-,22+/m0/s1. The minimum absolute atomic E-state index is 0.0583. The molecule has 1 aliphatic heterocycles. The van der Waals surface area contributed by atoms with Gasteiger partial charge in [-0.05, 0) is 55.2 Å². The zero-order valence-electron chi connectivity index (χ0n) is 16.5. The van der Waals surface area contributed by atoms with Gasteiger partial charge in [-0.3, -0.25) is 4.79 Å². The first-order valence-corrected chi connectivity index (χ1v) is 11.2. The lowest BCUT2D eigenvalue weighted by Gasteiger charge is -2.22. The molecule has 0 spiro atoms. The Balaban J connectivity index is 1.42. The van der Waals surface area contributed by atoms with Crippen molar-refractivity contribution in [2.24, 2.45) is 7.05 Å². The Morgan fingerprint density at radius 2 is 2.10 bits per heavy atom. The Hall–Kier alpha value is -1.66. The molecule has 3 aliphatic rings. The summed E-state index contributed by atoms with van der Waals surface area (Å²) in [5.74, 6) is 0.0355. The molecule has 1 N–H and O–H groups in total. The van der Waals surface area contributed by atoms with Crippen LogP contribution in [-0.4, -0.2) is 21.1 Å². The van der Waals surface area contributed by atoms with Crippen LogP contribution < -0.4 is 5.32 Å². The van der Waals surface area contributed by atoms with Gasteiger partial charge in [-0.2, -0.15) is 0 Å². The van der Waals surface area contributed by atoms with Crippen molar-refractivity contribution in [3.05, 3.63) is 50.8 Å². The molecule has 0 unspecified atom stereocenters. The summed E-state index contributed by atoms with van der Waals surface area (Å²) in [7, 11) is 1.93. The average molecular weight is 434 g/mol. The fourth-order valence-electron chi connectivity index (χ4n) is 5.54. The Morgan fingerprint density at radius 1 is 1.34 bits per heavy atom. The zero-order chi connectivity index (χ0) is 20.3. The molecule has 4 nitrogen and oxygen atoms in total. The van der Waals surface area contributed by atoms with Gasteiger partial charge in [0, 0.05) is 47.4 Å². The molecule has 7 heteroatoms. The number of aromatic nitrogens is 2. The van der Waals surface area contributed by atoms with E-state index in [1.54, 1.807) is 12.1 Å². The molecule has 2 heterocycles. The fourth-order valence-corrected chi connectivity index (χ4v) is 5.98. The van der Waals surface area contributed by atoms with Crippen LogP contribution in [0.2, 0.25) is 5.02 Å². The van der Waals surface area contributed by atoms with E-state index in [1.165, 1.54) is 25.3 Å². The van der Waals surface area contributed by atoms with Gasteiger partial charge in [0.25, 0.3) is 0 Å². The van der Waals surface area contributed by atoms with Crippen LogP contribution >= 0.6 is 23.8 Å². The Kier molecular flexibility index (Phi) is 4.63. The van der Waals surface area contributed by atoms with Gasteiger partial charge < -0.3 is 14.5 Å². The van der Waals surface area contributed by atoms with Crippen LogP contribution in [0.3, 0.4) is 0 Å².